The molecule has 6 nitrogen and oxygen atoms in total. The van der Waals surface area contributed by atoms with E-state index in [1.54, 1.807) is 6.07 Å². The molecule has 0 aliphatic carbocycles. The van der Waals surface area contributed by atoms with Gasteiger partial charge in [-0.2, -0.15) is 0 Å². The van der Waals surface area contributed by atoms with Gasteiger partial charge in [0.1, 0.15) is 0 Å². The van der Waals surface area contributed by atoms with Crippen LogP contribution in [0.15, 0.2) is 21.3 Å². The molecule has 110 valence electrons. The number of nitrogens with zero attached hydrogens (tertiary/aromatic N) is 2. The van der Waals surface area contributed by atoms with Gasteiger partial charge in [-0.05, 0) is 26.6 Å². The van der Waals surface area contributed by atoms with E-state index in [9.17, 15) is 4.79 Å². The number of anilines is 2. The quantitative estimate of drug-likeness (QED) is 0.783. The fourth-order valence-corrected chi connectivity index (χ4v) is 2.22. The lowest BCUT2D eigenvalue weighted by Crippen LogP contribution is -2.32. The zero-order valence-electron chi connectivity index (χ0n) is 12.3. The largest absolute Gasteiger partial charge is 0.417 e. The molecule has 2 aromatic rings. The Morgan fingerprint density at radius 1 is 1.25 bits per heavy atom. The van der Waals surface area contributed by atoms with Crippen molar-refractivity contribution in [1.29, 1.82) is 0 Å². The van der Waals surface area contributed by atoms with Crippen LogP contribution in [0.25, 0.3) is 11.1 Å². The van der Waals surface area contributed by atoms with Crippen molar-refractivity contribution in [3.63, 3.8) is 0 Å². The maximum absolute atomic E-state index is 11.2. The Balaban J connectivity index is 2.35. The number of oxazole rings is 1. The van der Waals surface area contributed by atoms with E-state index in [1.165, 1.54) is 0 Å². The molecule has 0 aliphatic heterocycles. The van der Waals surface area contributed by atoms with Crippen molar-refractivity contribution in [3.05, 3.63) is 22.7 Å². The minimum Gasteiger partial charge on any atom is -0.408 e. The summed E-state index contributed by atoms with van der Waals surface area (Å²) in [5, 5.41) is 0. The number of hydrogen-bond acceptors (Lipinski definition) is 5. The van der Waals surface area contributed by atoms with Crippen molar-refractivity contribution in [3.8, 4) is 0 Å². The van der Waals surface area contributed by atoms with Crippen molar-refractivity contribution in [2.24, 2.45) is 0 Å². The Bertz CT molecular complexity index is 630. The smallest absolute Gasteiger partial charge is 0.408 e. The highest BCUT2D eigenvalue weighted by molar-refractivity contribution is 5.85. The molecule has 0 unspecified atom stereocenters. The van der Waals surface area contributed by atoms with E-state index >= 15 is 0 Å². The Hall–Kier alpha value is -1.95. The molecule has 0 radical (unpaired) electrons. The van der Waals surface area contributed by atoms with Crippen LogP contribution >= 0.6 is 0 Å². The lowest BCUT2D eigenvalue weighted by atomic mass is 10.2. The zero-order valence-corrected chi connectivity index (χ0v) is 12.3. The molecule has 3 N–H and O–H groups in total. The third kappa shape index (κ3) is 3.14. The molecule has 0 aliphatic rings. The molecule has 0 amide bonds. The van der Waals surface area contributed by atoms with Gasteiger partial charge in [-0.1, -0.05) is 6.92 Å². The second-order valence-electron chi connectivity index (χ2n) is 5.21. The first kappa shape index (κ1) is 14.5. The molecule has 0 saturated carbocycles. The van der Waals surface area contributed by atoms with Gasteiger partial charge >= 0.3 is 5.76 Å². The van der Waals surface area contributed by atoms with Crippen LogP contribution in [-0.4, -0.2) is 43.6 Å². The first-order valence-electron chi connectivity index (χ1n) is 6.83. The van der Waals surface area contributed by atoms with Gasteiger partial charge in [0.25, 0.3) is 0 Å². The van der Waals surface area contributed by atoms with E-state index in [1.807, 2.05) is 20.2 Å². The van der Waals surface area contributed by atoms with Gasteiger partial charge in [0, 0.05) is 25.7 Å². The number of benzene rings is 1. The number of aromatic nitrogens is 1. The summed E-state index contributed by atoms with van der Waals surface area (Å²) >= 11 is 0. The highest BCUT2D eigenvalue weighted by Gasteiger charge is 2.13. The standard InChI is InChI=1S/C14H22N4O2/c1-4-5-18(7-6-17(2)3)12-9-11-13(8-10(12)15)20-14(19)16-11/h8-9H,4-7,15H2,1-3H3,(H,16,19). The number of hydrogen-bond donors (Lipinski definition) is 2. The molecule has 1 heterocycles. The predicted molar refractivity (Wildman–Crippen MR) is 82.3 cm³/mol. The molecule has 2 rings (SSSR count). The van der Waals surface area contributed by atoms with Crippen LogP contribution in [0.1, 0.15) is 13.3 Å². The second-order valence-corrected chi connectivity index (χ2v) is 5.21. The highest BCUT2D eigenvalue weighted by Crippen LogP contribution is 2.28. The van der Waals surface area contributed by atoms with Crippen molar-refractivity contribution in [1.82, 2.24) is 9.88 Å². The minimum absolute atomic E-state index is 0.452. The minimum atomic E-state index is -0.452. The molecule has 0 atom stereocenters. The van der Waals surface area contributed by atoms with Crippen LogP contribution in [0, 0.1) is 0 Å². The van der Waals surface area contributed by atoms with Crippen LogP contribution in [0.4, 0.5) is 11.4 Å². The fourth-order valence-electron chi connectivity index (χ4n) is 2.22. The van der Waals surface area contributed by atoms with E-state index in [-0.39, 0.29) is 0 Å². The summed E-state index contributed by atoms with van der Waals surface area (Å²) in [7, 11) is 4.09. The van der Waals surface area contributed by atoms with Gasteiger partial charge in [-0.25, -0.2) is 4.79 Å². The second kappa shape index (κ2) is 6.00. The van der Waals surface area contributed by atoms with Gasteiger partial charge < -0.3 is 20.0 Å². The molecule has 0 saturated heterocycles. The number of nitrogen functional groups attached to an aromatic ring is 1. The molecule has 0 bridgehead atoms. The summed E-state index contributed by atoms with van der Waals surface area (Å²) in [6.07, 6.45) is 1.03. The molecular formula is C14H22N4O2. The van der Waals surface area contributed by atoms with E-state index in [0.717, 1.165) is 31.7 Å². The monoisotopic (exact) mass is 278 g/mol. The lowest BCUT2D eigenvalue weighted by molar-refractivity contribution is 0.413. The van der Waals surface area contributed by atoms with E-state index in [2.05, 4.69) is 21.7 Å². The average molecular weight is 278 g/mol. The summed E-state index contributed by atoms with van der Waals surface area (Å²) in [4.78, 5) is 18.3. The van der Waals surface area contributed by atoms with Crippen LogP contribution in [0.3, 0.4) is 0 Å². The molecule has 20 heavy (non-hydrogen) atoms. The Morgan fingerprint density at radius 2 is 2.00 bits per heavy atom. The summed E-state index contributed by atoms with van der Waals surface area (Å²) in [6.45, 7) is 4.89. The molecule has 6 heteroatoms. The number of nitrogens with two attached hydrogens (primary N) is 1. The maximum Gasteiger partial charge on any atom is 0.417 e. The van der Waals surface area contributed by atoms with Crippen LogP contribution in [0.5, 0.6) is 0 Å². The van der Waals surface area contributed by atoms with E-state index < -0.39 is 5.76 Å². The maximum atomic E-state index is 11.2. The molecule has 0 fully saturated rings. The third-order valence-electron chi connectivity index (χ3n) is 3.22. The van der Waals surface area contributed by atoms with Crippen LogP contribution in [0.2, 0.25) is 0 Å². The third-order valence-corrected chi connectivity index (χ3v) is 3.22. The van der Waals surface area contributed by atoms with Crippen molar-refractivity contribution in [2.75, 3.05) is 44.4 Å². The fraction of sp³-hybridized carbons (Fsp3) is 0.500. The molecule has 1 aromatic heterocycles. The zero-order chi connectivity index (χ0) is 14.7. The summed E-state index contributed by atoms with van der Waals surface area (Å²) in [5.74, 6) is -0.452. The first-order chi connectivity index (χ1) is 9.51. The average Bonchev–Trinajstić information content (AvgIpc) is 2.72. The molecular weight excluding hydrogens is 256 g/mol. The molecule has 0 spiro atoms. The number of fused-ring (bicyclic) bond motifs is 1. The van der Waals surface area contributed by atoms with Gasteiger partial charge in [-0.15, -0.1) is 0 Å². The van der Waals surface area contributed by atoms with Gasteiger partial charge in [-0.3, -0.25) is 4.98 Å². The van der Waals surface area contributed by atoms with Crippen LogP contribution in [-0.2, 0) is 0 Å². The number of rotatable bonds is 6. The molecule has 1 aromatic carbocycles. The summed E-state index contributed by atoms with van der Waals surface area (Å²) in [6, 6.07) is 3.60. The highest BCUT2D eigenvalue weighted by atomic mass is 16.4. The Morgan fingerprint density at radius 3 is 2.65 bits per heavy atom. The summed E-state index contributed by atoms with van der Waals surface area (Å²) in [5.41, 5.74) is 8.86. The van der Waals surface area contributed by atoms with Crippen LogP contribution < -0.4 is 16.4 Å². The first-order valence-corrected chi connectivity index (χ1v) is 6.83. The SMILES string of the molecule is CCCN(CCN(C)C)c1cc2[nH]c(=O)oc2cc1N. The van der Waals surface area contributed by atoms with Gasteiger partial charge in [0.15, 0.2) is 5.58 Å². The van der Waals surface area contributed by atoms with E-state index in [4.69, 9.17) is 10.2 Å². The number of likely N-dealkylation sites (N-methyl/N-ethyl adjacent to an activating group) is 1. The van der Waals surface area contributed by atoms with Gasteiger partial charge in [0.05, 0.1) is 16.9 Å². The van der Waals surface area contributed by atoms with Crippen molar-refractivity contribution < 1.29 is 4.42 Å². The lowest BCUT2D eigenvalue weighted by Gasteiger charge is -2.27. The Labute approximate surface area is 118 Å². The number of aromatic amines is 1. The van der Waals surface area contributed by atoms with Crippen molar-refractivity contribution in [2.45, 2.75) is 13.3 Å². The van der Waals surface area contributed by atoms with Crippen molar-refractivity contribution >= 4 is 22.5 Å². The topological polar surface area (TPSA) is 78.5 Å². The number of nitrogens with one attached hydrogen (secondary N) is 1. The normalized spacial score (nSPS) is 11.4. The van der Waals surface area contributed by atoms with E-state index in [0.29, 0.717) is 16.8 Å². The predicted octanol–water partition coefficient (Wildman–Crippen LogP) is 1.48. The summed E-state index contributed by atoms with van der Waals surface area (Å²) < 4.78 is 5.02. The number of H-pyrrole nitrogens is 1. The Kier molecular flexibility index (Phi) is 4.34. The van der Waals surface area contributed by atoms with Gasteiger partial charge in [0.2, 0.25) is 0 Å².